The van der Waals surface area contributed by atoms with Crippen molar-refractivity contribution >= 4 is 16.6 Å². The van der Waals surface area contributed by atoms with Gasteiger partial charge in [-0.15, -0.1) is 0 Å². The number of aromatic nitrogens is 1. The maximum atomic E-state index is 5.42. The van der Waals surface area contributed by atoms with E-state index >= 15 is 0 Å². The van der Waals surface area contributed by atoms with Gasteiger partial charge in [0.15, 0.2) is 0 Å². The summed E-state index contributed by atoms with van der Waals surface area (Å²) in [5.41, 5.74) is 5.50. The summed E-state index contributed by atoms with van der Waals surface area (Å²) in [5.74, 6) is 0.805. The van der Waals surface area contributed by atoms with Crippen molar-refractivity contribution in [3.05, 3.63) is 65.4 Å². The summed E-state index contributed by atoms with van der Waals surface area (Å²) in [6.45, 7) is 4.89. The fraction of sp³-hybridized carbons (Fsp3) is 0.211. The third kappa shape index (κ3) is 2.89. The van der Waals surface area contributed by atoms with Gasteiger partial charge in [0, 0.05) is 23.3 Å². The van der Waals surface area contributed by atoms with Crippen molar-refractivity contribution in [1.29, 1.82) is 0 Å². The highest BCUT2D eigenvalue weighted by Crippen LogP contribution is 2.30. The molecule has 0 saturated heterocycles. The molecular formula is C19H20N2O. The first-order valence-corrected chi connectivity index (χ1v) is 7.41. The van der Waals surface area contributed by atoms with E-state index in [1.54, 1.807) is 7.11 Å². The Hall–Kier alpha value is -2.55. The van der Waals surface area contributed by atoms with Gasteiger partial charge in [0.2, 0.25) is 0 Å². The Balaban J connectivity index is 1.94. The Morgan fingerprint density at radius 2 is 1.82 bits per heavy atom. The minimum atomic E-state index is 0.788. The largest absolute Gasteiger partial charge is 0.494 e. The number of hydrogen-bond acceptors (Lipinski definition) is 3. The topological polar surface area (TPSA) is 34.1 Å². The first kappa shape index (κ1) is 14.4. The van der Waals surface area contributed by atoms with E-state index < -0.39 is 0 Å². The minimum Gasteiger partial charge on any atom is -0.494 e. The van der Waals surface area contributed by atoms with Crippen LogP contribution in [0, 0.1) is 13.8 Å². The maximum absolute atomic E-state index is 5.42. The molecule has 1 heterocycles. The van der Waals surface area contributed by atoms with E-state index in [4.69, 9.17) is 4.74 Å². The summed E-state index contributed by atoms with van der Waals surface area (Å²) < 4.78 is 5.42. The normalized spacial score (nSPS) is 10.7. The Kier molecular flexibility index (Phi) is 3.96. The number of pyridine rings is 1. The van der Waals surface area contributed by atoms with Gasteiger partial charge in [0.05, 0.1) is 7.11 Å². The highest BCUT2D eigenvalue weighted by Gasteiger charge is 2.08. The average molecular weight is 292 g/mol. The van der Waals surface area contributed by atoms with Crippen LogP contribution in [-0.2, 0) is 6.54 Å². The third-order valence-electron chi connectivity index (χ3n) is 3.75. The van der Waals surface area contributed by atoms with Crippen molar-refractivity contribution < 1.29 is 4.74 Å². The number of nitrogens with one attached hydrogen (secondary N) is 1. The number of benzene rings is 2. The second-order valence-corrected chi connectivity index (χ2v) is 5.51. The maximum Gasteiger partial charge on any atom is 0.145 e. The monoisotopic (exact) mass is 292 g/mol. The van der Waals surface area contributed by atoms with Crippen molar-refractivity contribution in [2.75, 3.05) is 12.4 Å². The van der Waals surface area contributed by atoms with Crippen molar-refractivity contribution in [3.8, 4) is 5.75 Å². The molecule has 3 rings (SSSR count). The summed E-state index contributed by atoms with van der Waals surface area (Å²) >= 11 is 0. The van der Waals surface area contributed by atoms with Gasteiger partial charge in [-0.1, -0.05) is 42.0 Å². The van der Waals surface area contributed by atoms with E-state index in [0.717, 1.165) is 34.6 Å². The van der Waals surface area contributed by atoms with Crippen molar-refractivity contribution in [2.24, 2.45) is 0 Å². The number of rotatable bonds is 4. The van der Waals surface area contributed by atoms with Crippen LogP contribution in [0.25, 0.3) is 10.9 Å². The summed E-state index contributed by atoms with van der Waals surface area (Å²) in [6.07, 6.45) is 0. The predicted octanol–water partition coefficient (Wildman–Crippen LogP) is 4.47. The number of ether oxygens (including phenoxy) is 1. The zero-order valence-electron chi connectivity index (χ0n) is 13.2. The minimum absolute atomic E-state index is 0.788. The Morgan fingerprint density at radius 1 is 1.05 bits per heavy atom. The quantitative estimate of drug-likeness (QED) is 0.770. The molecule has 22 heavy (non-hydrogen) atoms. The molecule has 0 bridgehead atoms. The van der Waals surface area contributed by atoms with E-state index in [1.165, 1.54) is 11.1 Å². The zero-order chi connectivity index (χ0) is 15.5. The van der Waals surface area contributed by atoms with Gasteiger partial charge in [-0.3, -0.25) is 0 Å². The average Bonchev–Trinajstić information content (AvgIpc) is 2.53. The lowest BCUT2D eigenvalue weighted by Crippen LogP contribution is -2.02. The fourth-order valence-electron chi connectivity index (χ4n) is 2.56. The molecule has 0 unspecified atom stereocenters. The predicted molar refractivity (Wildman–Crippen MR) is 91.5 cm³/mol. The molecule has 0 aliphatic carbocycles. The Labute approximate surface area is 131 Å². The first-order chi connectivity index (χ1) is 10.7. The lowest BCUT2D eigenvalue weighted by molar-refractivity contribution is 0.419. The lowest BCUT2D eigenvalue weighted by Gasteiger charge is -2.13. The number of fused-ring (bicyclic) bond motifs is 1. The molecule has 0 spiro atoms. The zero-order valence-corrected chi connectivity index (χ0v) is 13.2. The molecule has 1 aromatic heterocycles. The molecule has 0 fully saturated rings. The van der Waals surface area contributed by atoms with Crippen LogP contribution in [0.4, 0.5) is 5.69 Å². The number of aryl methyl sites for hydroxylation is 2. The van der Waals surface area contributed by atoms with Gasteiger partial charge in [-0.2, -0.15) is 0 Å². The lowest BCUT2D eigenvalue weighted by atomic mass is 10.1. The SMILES string of the molecule is COc1cccc2c(NCc3ccc(C)cc3)cc(C)nc12. The van der Waals surface area contributed by atoms with E-state index in [-0.39, 0.29) is 0 Å². The summed E-state index contributed by atoms with van der Waals surface area (Å²) in [6, 6.07) is 16.7. The third-order valence-corrected chi connectivity index (χ3v) is 3.75. The number of hydrogen-bond donors (Lipinski definition) is 1. The van der Waals surface area contributed by atoms with Gasteiger partial charge in [-0.25, -0.2) is 4.98 Å². The van der Waals surface area contributed by atoms with Crippen LogP contribution in [0.5, 0.6) is 5.75 Å². The van der Waals surface area contributed by atoms with Crippen LogP contribution in [0.1, 0.15) is 16.8 Å². The van der Waals surface area contributed by atoms with Gasteiger partial charge < -0.3 is 10.1 Å². The van der Waals surface area contributed by atoms with Gasteiger partial charge in [0.25, 0.3) is 0 Å². The molecule has 0 saturated carbocycles. The van der Waals surface area contributed by atoms with Gasteiger partial charge >= 0.3 is 0 Å². The summed E-state index contributed by atoms with van der Waals surface area (Å²) in [5, 5.41) is 4.60. The first-order valence-electron chi connectivity index (χ1n) is 7.41. The molecule has 112 valence electrons. The van der Waals surface area contributed by atoms with Crippen LogP contribution >= 0.6 is 0 Å². The van der Waals surface area contributed by atoms with Crippen LogP contribution in [0.3, 0.4) is 0 Å². The molecule has 2 aromatic carbocycles. The van der Waals surface area contributed by atoms with Crippen LogP contribution in [0.2, 0.25) is 0 Å². The summed E-state index contributed by atoms with van der Waals surface area (Å²) in [7, 11) is 1.68. The van der Waals surface area contributed by atoms with E-state index in [2.05, 4.69) is 53.6 Å². The highest BCUT2D eigenvalue weighted by atomic mass is 16.5. The molecule has 0 aliphatic rings. The van der Waals surface area contributed by atoms with Crippen LogP contribution in [0.15, 0.2) is 48.5 Å². The summed E-state index contributed by atoms with van der Waals surface area (Å²) in [4.78, 5) is 4.61. The van der Waals surface area contributed by atoms with Crippen molar-refractivity contribution in [3.63, 3.8) is 0 Å². The molecule has 1 N–H and O–H groups in total. The number of anilines is 1. The molecule has 0 atom stereocenters. The van der Waals surface area contributed by atoms with Crippen LogP contribution < -0.4 is 10.1 Å². The number of nitrogens with zero attached hydrogens (tertiary/aromatic N) is 1. The van der Waals surface area contributed by atoms with Crippen molar-refractivity contribution in [1.82, 2.24) is 4.98 Å². The molecule has 0 radical (unpaired) electrons. The van der Waals surface area contributed by atoms with E-state index in [0.29, 0.717) is 0 Å². The molecule has 3 aromatic rings. The van der Waals surface area contributed by atoms with Crippen LogP contribution in [-0.4, -0.2) is 12.1 Å². The van der Waals surface area contributed by atoms with Crippen molar-refractivity contribution in [2.45, 2.75) is 20.4 Å². The van der Waals surface area contributed by atoms with E-state index in [1.807, 2.05) is 19.1 Å². The fourth-order valence-corrected chi connectivity index (χ4v) is 2.56. The smallest absolute Gasteiger partial charge is 0.145 e. The van der Waals surface area contributed by atoms with Gasteiger partial charge in [-0.05, 0) is 31.5 Å². The Bertz CT molecular complexity index is 794. The van der Waals surface area contributed by atoms with Gasteiger partial charge in [0.1, 0.15) is 11.3 Å². The molecule has 3 nitrogen and oxygen atoms in total. The second kappa shape index (κ2) is 6.06. The molecule has 3 heteroatoms. The standard InChI is InChI=1S/C19H20N2O/c1-13-7-9-15(10-8-13)12-20-17-11-14(2)21-19-16(17)5-4-6-18(19)22-3/h4-11H,12H2,1-3H3,(H,20,21). The highest BCUT2D eigenvalue weighted by molar-refractivity contribution is 5.95. The van der Waals surface area contributed by atoms with E-state index in [9.17, 15) is 0 Å². The number of methoxy groups -OCH3 is 1. The Morgan fingerprint density at radius 3 is 2.55 bits per heavy atom. The molecule has 0 amide bonds. The number of para-hydroxylation sites is 1. The second-order valence-electron chi connectivity index (χ2n) is 5.51. The molecule has 0 aliphatic heterocycles. The molecular weight excluding hydrogens is 272 g/mol.